The number of H-pyrrole nitrogens is 1. The van der Waals surface area contributed by atoms with Crippen molar-refractivity contribution < 1.29 is 4.79 Å². The number of aryl methyl sites for hydroxylation is 2. The lowest BCUT2D eigenvalue weighted by molar-refractivity contribution is -0.125. The number of anilines is 1. The molecule has 1 aliphatic rings. The fourth-order valence-corrected chi connectivity index (χ4v) is 3.27. The lowest BCUT2D eigenvalue weighted by Crippen LogP contribution is -2.41. The zero-order valence-corrected chi connectivity index (χ0v) is 14.8. The number of carbonyl (C=O) groups is 1. The van der Waals surface area contributed by atoms with E-state index < -0.39 is 11.5 Å². The molecule has 1 aliphatic carbocycles. The fraction of sp³-hybridized carbons (Fsp3) is 0.400. The Labute approximate surface area is 147 Å². The lowest BCUT2D eigenvalue weighted by atomic mass is 9.80. The maximum Gasteiger partial charge on any atom is 0.271 e. The highest BCUT2D eigenvalue weighted by molar-refractivity contribution is 5.95. The second kappa shape index (κ2) is 6.84. The first kappa shape index (κ1) is 17.4. The minimum Gasteiger partial charge on any atom is -0.324 e. The van der Waals surface area contributed by atoms with E-state index in [1.54, 1.807) is 13.8 Å². The van der Waals surface area contributed by atoms with Crippen molar-refractivity contribution in [3.8, 4) is 0 Å². The van der Waals surface area contributed by atoms with Gasteiger partial charge in [0, 0.05) is 11.7 Å². The van der Waals surface area contributed by atoms with Crippen LogP contribution in [0.3, 0.4) is 0 Å². The smallest absolute Gasteiger partial charge is 0.271 e. The molecule has 0 spiro atoms. The van der Waals surface area contributed by atoms with Crippen LogP contribution >= 0.6 is 0 Å². The number of nitrogens with two attached hydrogens (primary N) is 1. The molecule has 5 heteroatoms. The summed E-state index contributed by atoms with van der Waals surface area (Å²) < 4.78 is 0. The van der Waals surface area contributed by atoms with Gasteiger partial charge in [-0.05, 0) is 56.7 Å². The first-order valence-electron chi connectivity index (χ1n) is 8.76. The van der Waals surface area contributed by atoms with Crippen molar-refractivity contribution in [2.45, 2.75) is 45.6 Å². The number of hydrogen-bond donors (Lipinski definition) is 3. The van der Waals surface area contributed by atoms with Crippen molar-refractivity contribution in [1.82, 2.24) is 4.98 Å². The second-order valence-electron chi connectivity index (χ2n) is 7.29. The standard InChI is InChI=1S/C20H25N3O2/c1-20(2,17(21)13-8-4-3-5-9-13)19(25)23-16-12-14-10-6-7-11-15(14)22-18(16)24/h3-5,8-9,12,17H,6-7,10-11,21H2,1-2H3,(H,22,24)(H,23,25)/t17-/m1/s1. The predicted octanol–water partition coefficient (Wildman–Crippen LogP) is 2.92. The van der Waals surface area contributed by atoms with Gasteiger partial charge in [0.1, 0.15) is 5.69 Å². The summed E-state index contributed by atoms with van der Waals surface area (Å²) in [6, 6.07) is 10.9. The number of nitrogens with one attached hydrogen (secondary N) is 2. The third-order valence-electron chi connectivity index (χ3n) is 5.11. The number of amides is 1. The van der Waals surface area contributed by atoms with E-state index in [-0.39, 0.29) is 11.5 Å². The number of aromatic amines is 1. The summed E-state index contributed by atoms with van der Waals surface area (Å²) in [4.78, 5) is 28.0. The van der Waals surface area contributed by atoms with Crippen molar-refractivity contribution in [3.63, 3.8) is 0 Å². The van der Waals surface area contributed by atoms with Gasteiger partial charge >= 0.3 is 0 Å². The van der Waals surface area contributed by atoms with E-state index >= 15 is 0 Å². The number of carbonyl (C=O) groups excluding carboxylic acids is 1. The lowest BCUT2D eigenvalue weighted by Gasteiger charge is -2.30. The molecule has 25 heavy (non-hydrogen) atoms. The zero-order valence-electron chi connectivity index (χ0n) is 14.8. The summed E-state index contributed by atoms with van der Waals surface area (Å²) in [5.74, 6) is -0.259. The number of pyridine rings is 1. The molecule has 1 aromatic carbocycles. The molecule has 1 atom stereocenters. The van der Waals surface area contributed by atoms with E-state index in [1.807, 2.05) is 36.4 Å². The predicted molar refractivity (Wildman–Crippen MR) is 99.5 cm³/mol. The van der Waals surface area contributed by atoms with Gasteiger partial charge in [-0.25, -0.2) is 0 Å². The molecule has 0 aliphatic heterocycles. The molecule has 0 radical (unpaired) electrons. The van der Waals surface area contributed by atoms with Gasteiger partial charge in [0.2, 0.25) is 5.91 Å². The fourth-order valence-electron chi connectivity index (χ4n) is 3.27. The highest BCUT2D eigenvalue weighted by atomic mass is 16.2. The third-order valence-corrected chi connectivity index (χ3v) is 5.11. The van der Waals surface area contributed by atoms with Gasteiger partial charge in [-0.2, -0.15) is 0 Å². The third kappa shape index (κ3) is 3.51. The van der Waals surface area contributed by atoms with E-state index in [0.717, 1.165) is 42.5 Å². The largest absolute Gasteiger partial charge is 0.324 e. The Morgan fingerprint density at radius 2 is 1.88 bits per heavy atom. The molecule has 0 saturated heterocycles. The van der Waals surface area contributed by atoms with Gasteiger partial charge < -0.3 is 16.0 Å². The van der Waals surface area contributed by atoms with Gasteiger partial charge in [0.25, 0.3) is 5.56 Å². The van der Waals surface area contributed by atoms with Crippen molar-refractivity contribution in [1.29, 1.82) is 0 Å². The van der Waals surface area contributed by atoms with Crippen LogP contribution in [0.25, 0.3) is 0 Å². The van der Waals surface area contributed by atoms with E-state index in [4.69, 9.17) is 5.73 Å². The normalized spacial score (nSPS) is 15.3. The summed E-state index contributed by atoms with van der Waals surface area (Å²) >= 11 is 0. The molecule has 0 fully saturated rings. The van der Waals surface area contributed by atoms with Crippen LogP contribution in [0.1, 0.15) is 49.6 Å². The summed E-state index contributed by atoms with van der Waals surface area (Å²) in [6.07, 6.45) is 4.02. The monoisotopic (exact) mass is 339 g/mol. The summed E-state index contributed by atoms with van der Waals surface area (Å²) in [5.41, 5.74) is 8.53. The summed E-state index contributed by atoms with van der Waals surface area (Å²) in [7, 11) is 0. The zero-order chi connectivity index (χ0) is 18.0. The molecular weight excluding hydrogens is 314 g/mol. The number of benzene rings is 1. The first-order chi connectivity index (χ1) is 11.9. The Balaban J connectivity index is 1.83. The average molecular weight is 339 g/mol. The summed E-state index contributed by atoms with van der Waals surface area (Å²) in [6.45, 7) is 3.60. The van der Waals surface area contributed by atoms with Crippen molar-refractivity contribution >= 4 is 11.6 Å². The number of rotatable bonds is 4. The van der Waals surface area contributed by atoms with Gasteiger partial charge in [-0.15, -0.1) is 0 Å². The second-order valence-corrected chi connectivity index (χ2v) is 7.29. The maximum absolute atomic E-state index is 12.8. The van der Waals surface area contributed by atoms with Crippen LogP contribution < -0.4 is 16.6 Å². The van der Waals surface area contributed by atoms with Crippen LogP contribution in [0.5, 0.6) is 0 Å². The Morgan fingerprint density at radius 3 is 2.60 bits per heavy atom. The van der Waals surface area contributed by atoms with Crippen LogP contribution in [-0.2, 0) is 17.6 Å². The molecule has 0 bridgehead atoms. The van der Waals surface area contributed by atoms with Crippen LogP contribution in [0, 0.1) is 5.41 Å². The van der Waals surface area contributed by atoms with E-state index in [9.17, 15) is 9.59 Å². The molecule has 5 nitrogen and oxygen atoms in total. The Bertz CT molecular complexity index is 825. The van der Waals surface area contributed by atoms with Crippen LogP contribution in [0.2, 0.25) is 0 Å². The van der Waals surface area contributed by atoms with E-state index in [2.05, 4.69) is 10.3 Å². The topological polar surface area (TPSA) is 88.0 Å². The van der Waals surface area contributed by atoms with E-state index in [0.29, 0.717) is 5.69 Å². The van der Waals surface area contributed by atoms with Crippen molar-refractivity contribution in [2.24, 2.45) is 11.1 Å². The molecule has 4 N–H and O–H groups in total. The Hall–Kier alpha value is -2.40. The van der Waals surface area contributed by atoms with Gasteiger partial charge in [-0.3, -0.25) is 9.59 Å². The quantitative estimate of drug-likeness (QED) is 0.800. The van der Waals surface area contributed by atoms with E-state index in [1.165, 1.54) is 0 Å². The molecule has 0 saturated carbocycles. The molecule has 0 unspecified atom stereocenters. The molecular formula is C20H25N3O2. The van der Waals surface area contributed by atoms with Crippen LogP contribution in [0.15, 0.2) is 41.2 Å². The Kier molecular flexibility index (Phi) is 4.77. The SMILES string of the molecule is CC(C)(C(=O)Nc1cc2c([nH]c1=O)CCCC2)[C@H](N)c1ccccc1. The highest BCUT2D eigenvalue weighted by Gasteiger charge is 2.36. The molecule has 1 aromatic heterocycles. The molecule has 1 amide bonds. The highest BCUT2D eigenvalue weighted by Crippen LogP contribution is 2.32. The van der Waals surface area contributed by atoms with Crippen molar-refractivity contribution in [2.75, 3.05) is 5.32 Å². The average Bonchev–Trinajstić information content (AvgIpc) is 2.62. The van der Waals surface area contributed by atoms with Gasteiger partial charge in [0.05, 0.1) is 5.41 Å². The van der Waals surface area contributed by atoms with Crippen LogP contribution in [0.4, 0.5) is 5.69 Å². The first-order valence-corrected chi connectivity index (χ1v) is 8.76. The minimum absolute atomic E-state index is 0.252. The van der Waals surface area contributed by atoms with Crippen molar-refractivity contribution in [3.05, 3.63) is 63.6 Å². The number of aromatic nitrogens is 1. The maximum atomic E-state index is 12.8. The van der Waals surface area contributed by atoms with Gasteiger partial charge in [0.15, 0.2) is 0 Å². The number of fused-ring (bicyclic) bond motifs is 1. The number of hydrogen-bond acceptors (Lipinski definition) is 3. The molecule has 1 heterocycles. The molecule has 132 valence electrons. The Morgan fingerprint density at radius 1 is 1.20 bits per heavy atom. The molecule has 2 aromatic rings. The van der Waals surface area contributed by atoms with Crippen LogP contribution in [-0.4, -0.2) is 10.9 Å². The minimum atomic E-state index is -0.857. The molecule has 3 rings (SSSR count). The summed E-state index contributed by atoms with van der Waals surface area (Å²) in [5, 5.41) is 2.79. The van der Waals surface area contributed by atoms with Gasteiger partial charge in [-0.1, -0.05) is 30.3 Å².